The standard InChI is InChI=1S/C21H14Cl2N2/c22-16-9-5-14(6-10-16)20-13-21(15-7-11-17(23)12-8-15)25-19-4-2-1-3-18(19)24-20/h1-13,24H. The van der Waals surface area contributed by atoms with E-state index in [1.54, 1.807) is 0 Å². The number of fused-ring (bicyclic) bond motifs is 1. The number of allylic oxidation sites excluding steroid dienone is 1. The van der Waals surface area contributed by atoms with Crippen LogP contribution in [0.25, 0.3) is 5.70 Å². The van der Waals surface area contributed by atoms with E-state index < -0.39 is 0 Å². The zero-order valence-electron chi connectivity index (χ0n) is 13.2. The Kier molecular flexibility index (Phi) is 4.31. The number of para-hydroxylation sites is 2. The predicted molar refractivity (Wildman–Crippen MR) is 107 cm³/mol. The highest BCUT2D eigenvalue weighted by atomic mass is 35.5. The summed E-state index contributed by atoms with van der Waals surface area (Å²) >= 11 is 12.1. The third-order valence-corrected chi connectivity index (χ3v) is 4.49. The van der Waals surface area contributed by atoms with Crippen molar-refractivity contribution in [1.82, 2.24) is 0 Å². The van der Waals surface area contributed by atoms with Crippen LogP contribution in [0.3, 0.4) is 0 Å². The fraction of sp³-hybridized carbons (Fsp3) is 0. The largest absolute Gasteiger partial charge is 0.353 e. The van der Waals surface area contributed by atoms with Gasteiger partial charge < -0.3 is 5.32 Å². The molecule has 0 unspecified atom stereocenters. The van der Waals surface area contributed by atoms with Crippen molar-refractivity contribution in [2.24, 2.45) is 4.99 Å². The number of halogens is 2. The molecule has 0 spiro atoms. The smallest absolute Gasteiger partial charge is 0.0871 e. The molecule has 0 aliphatic carbocycles. The molecule has 122 valence electrons. The highest BCUT2D eigenvalue weighted by Gasteiger charge is 2.13. The van der Waals surface area contributed by atoms with Gasteiger partial charge in [-0.2, -0.15) is 0 Å². The first-order chi connectivity index (χ1) is 12.2. The van der Waals surface area contributed by atoms with E-state index in [2.05, 4.69) is 5.32 Å². The van der Waals surface area contributed by atoms with Crippen molar-refractivity contribution in [3.05, 3.63) is 100 Å². The lowest BCUT2D eigenvalue weighted by Crippen LogP contribution is -2.01. The molecule has 1 N–H and O–H groups in total. The number of rotatable bonds is 2. The Hall–Kier alpha value is -2.55. The molecule has 2 nitrogen and oxygen atoms in total. The number of hydrogen-bond acceptors (Lipinski definition) is 2. The first-order valence-electron chi connectivity index (χ1n) is 7.87. The molecule has 3 aromatic rings. The van der Waals surface area contributed by atoms with Gasteiger partial charge >= 0.3 is 0 Å². The van der Waals surface area contributed by atoms with Crippen LogP contribution >= 0.6 is 23.2 Å². The maximum absolute atomic E-state index is 6.03. The van der Waals surface area contributed by atoms with E-state index in [-0.39, 0.29) is 0 Å². The third kappa shape index (κ3) is 3.46. The van der Waals surface area contributed by atoms with Gasteiger partial charge in [0.25, 0.3) is 0 Å². The maximum Gasteiger partial charge on any atom is 0.0871 e. The zero-order chi connectivity index (χ0) is 17.2. The van der Waals surface area contributed by atoms with Crippen LogP contribution in [0.2, 0.25) is 10.0 Å². The van der Waals surface area contributed by atoms with Crippen LogP contribution in [0.4, 0.5) is 11.4 Å². The Bertz CT molecular complexity index is 972. The van der Waals surface area contributed by atoms with E-state index in [0.29, 0.717) is 10.0 Å². The first kappa shape index (κ1) is 15.9. The van der Waals surface area contributed by atoms with Crippen LogP contribution in [0.1, 0.15) is 11.1 Å². The van der Waals surface area contributed by atoms with Crippen molar-refractivity contribution in [2.75, 3.05) is 5.32 Å². The van der Waals surface area contributed by atoms with Gasteiger partial charge in [-0.05, 0) is 48.0 Å². The van der Waals surface area contributed by atoms with Crippen molar-refractivity contribution in [1.29, 1.82) is 0 Å². The molecule has 1 aliphatic heterocycles. The van der Waals surface area contributed by atoms with Gasteiger partial charge in [0.05, 0.1) is 17.1 Å². The van der Waals surface area contributed by atoms with E-state index in [4.69, 9.17) is 28.2 Å². The summed E-state index contributed by atoms with van der Waals surface area (Å²) in [5.41, 5.74) is 5.76. The van der Waals surface area contributed by atoms with Crippen molar-refractivity contribution in [3.63, 3.8) is 0 Å². The highest BCUT2D eigenvalue weighted by molar-refractivity contribution is 6.31. The van der Waals surface area contributed by atoms with E-state index in [0.717, 1.165) is 33.9 Å². The average molecular weight is 365 g/mol. The van der Waals surface area contributed by atoms with E-state index >= 15 is 0 Å². The minimum absolute atomic E-state index is 0.707. The lowest BCUT2D eigenvalue weighted by Gasteiger charge is -2.11. The first-order valence-corrected chi connectivity index (χ1v) is 8.63. The summed E-state index contributed by atoms with van der Waals surface area (Å²) in [6, 6.07) is 23.5. The lowest BCUT2D eigenvalue weighted by molar-refractivity contribution is 1.49. The van der Waals surface area contributed by atoms with E-state index in [1.165, 1.54) is 0 Å². The molecule has 4 rings (SSSR count). The summed E-state index contributed by atoms with van der Waals surface area (Å²) in [5, 5.41) is 4.90. The van der Waals surface area contributed by atoms with Crippen molar-refractivity contribution in [2.45, 2.75) is 0 Å². The third-order valence-electron chi connectivity index (χ3n) is 3.99. The number of nitrogens with zero attached hydrogens (tertiary/aromatic N) is 1. The molecule has 0 radical (unpaired) electrons. The lowest BCUT2D eigenvalue weighted by atomic mass is 10.1. The zero-order valence-corrected chi connectivity index (χ0v) is 14.7. The average Bonchev–Trinajstić information content (AvgIpc) is 2.82. The summed E-state index contributed by atoms with van der Waals surface area (Å²) in [6.07, 6.45) is 2.05. The molecule has 4 heteroatoms. The van der Waals surface area contributed by atoms with Gasteiger partial charge in [-0.1, -0.05) is 59.6 Å². The molecule has 0 fully saturated rings. The minimum Gasteiger partial charge on any atom is -0.353 e. The molecular formula is C21H14Cl2N2. The molecule has 0 bridgehead atoms. The Labute approximate surface area is 156 Å². The molecule has 0 amide bonds. The number of aliphatic imine (C=N–C) groups is 1. The SMILES string of the molecule is Clc1ccc(C2=CC(c3ccc(Cl)cc3)=Nc3ccccc3N2)cc1. The fourth-order valence-corrected chi connectivity index (χ4v) is 2.96. The quantitative estimate of drug-likeness (QED) is 0.545. The molecule has 0 saturated heterocycles. The molecule has 1 heterocycles. The van der Waals surface area contributed by atoms with Crippen LogP contribution in [-0.2, 0) is 0 Å². The summed E-state index contributed by atoms with van der Waals surface area (Å²) < 4.78 is 0. The molecule has 25 heavy (non-hydrogen) atoms. The second kappa shape index (κ2) is 6.75. The van der Waals surface area contributed by atoms with Crippen LogP contribution in [0, 0.1) is 0 Å². The molecular weight excluding hydrogens is 351 g/mol. The van der Waals surface area contributed by atoms with Crippen LogP contribution in [0.15, 0.2) is 83.9 Å². The number of anilines is 1. The number of benzene rings is 3. The monoisotopic (exact) mass is 364 g/mol. The molecule has 1 aliphatic rings. The number of hydrogen-bond donors (Lipinski definition) is 1. The van der Waals surface area contributed by atoms with Gasteiger partial charge in [0.15, 0.2) is 0 Å². The molecule has 0 aromatic heterocycles. The summed E-state index contributed by atoms with van der Waals surface area (Å²) in [6.45, 7) is 0. The topological polar surface area (TPSA) is 24.4 Å². The van der Waals surface area contributed by atoms with Crippen molar-refractivity contribution >= 4 is 46.0 Å². The van der Waals surface area contributed by atoms with Gasteiger partial charge in [0.2, 0.25) is 0 Å². The second-order valence-electron chi connectivity index (χ2n) is 5.71. The predicted octanol–water partition coefficient (Wildman–Crippen LogP) is 6.58. The summed E-state index contributed by atoms with van der Waals surface area (Å²) in [7, 11) is 0. The van der Waals surface area contributed by atoms with Gasteiger partial charge in [-0.25, -0.2) is 4.99 Å². The number of nitrogens with one attached hydrogen (secondary N) is 1. The van der Waals surface area contributed by atoms with Gasteiger partial charge in [0.1, 0.15) is 0 Å². The Morgan fingerprint density at radius 3 is 1.96 bits per heavy atom. The van der Waals surface area contributed by atoms with Gasteiger partial charge in [-0.3, -0.25) is 0 Å². The Morgan fingerprint density at radius 2 is 1.28 bits per heavy atom. The van der Waals surface area contributed by atoms with Gasteiger partial charge in [-0.15, -0.1) is 0 Å². The normalized spacial score (nSPS) is 13.2. The van der Waals surface area contributed by atoms with Crippen molar-refractivity contribution in [3.8, 4) is 0 Å². The Balaban J connectivity index is 1.86. The van der Waals surface area contributed by atoms with E-state index in [1.807, 2.05) is 78.9 Å². The second-order valence-corrected chi connectivity index (χ2v) is 6.58. The fourth-order valence-electron chi connectivity index (χ4n) is 2.71. The van der Waals surface area contributed by atoms with Crippen molar-refractivity contribution < 1.29 is 0 Å². The van der Waals surface area contributed by atoms with Crippen LogP contribution < -0.4 is 5.32 Å². The highest BCUT2D eigenvalue weighted by Crippen LogP contribution is 2.32. The summed E-state index contributed by atoms with van der Waals surface area (Å²) in [5.74, 6) is 0. The van der Waals surface area contributed by atoms with Gasteiger partial charge in [0, 0.05) is 21.3 Å². The molecule has 0 atom stereocenters. The van der Waals surface area contributed by atoms with Crippen LogP contribution in [0.5, 0.6) is 0 Å². The molecule has 0 saturated carbocycles. The van der Waals surface area contributed by atoms with Crippen LogP contribution in [-0.4, -0.2) is 5.71 Å². The maximum atomic E-state index is 6.03. The summed E-state index contributed by atoms with van der Waals surface area (Å²) in [4.78, 5) is 4.84. The van der Waals surface area contributed by atoms with E-state index in [9.17, 15) is 0 Å². The Morgan fingerprint density at radius 1 is 0.680 bits per heavy atom. The minimum atomic E-state index is 0.707. The molecule has 3 aromatic carbocycles.